The Morgan fingerprint density at radius 1 is 1.35 bits per heavy atom. The number of anilines is 1. The molecule has 1 aromatic carbocycles. The Kier molecular flexibility index (Phi) is 8.83. The van der Waals surface area contributed by atoms with E-state index in [0.29, 0.717) is 17.9 Å². The lowest BCUT2D eigenvalue weighted by molar-refractivity contribution is -0.142. The van der Waals surface area contributed by atoms with Gasteiger partial charge < -0.3 is 20.1 Å². The number of methoxy groups -OCH3 is 1. The molecular weight excluding hydrogens is 340 g/mol. The van der Waals surface area contributed by atoms with E-state index in [1.54, 1.807) is 24.3 Å². The molecule has 8 heteroatoms. The van der Waals surface area contributed by atoms with Crippen molar-refractivity contribution in [3.63, 3.8) is 0 Å². The Morgan fingerprint density at radius 3 is 2.70 bits per heavy atom. The highest BCUT2D eigenvalue weighted by molar-refractivity contribution is 7.99. The number of ether oxygens (including phenoxy) is 2. The number of carbonyl (C=O) groups excluding carboxylic acids is 2. The molecule has 0 bridgehead atoms. The van der Waals surface area contributed by atoms with Crippen LogP contribution in [-0.4, -0.2) is 49.7 Å². The average molecular weight is 361 g/mol. The van der Waals surface area contributed by atoms with Crippen molar-refractivity contribution >= 4 is 41.7 Å². The third kappa shape index (κ3) is 7.11. The van der Waals surface area contributed by atoms with Crippen LogP contribution in [-0.2, 0) is 14.3 Å². The van der Waals surface area contributed by atoms with Gasteiger partial charge >= 0.3 is 5.97 Å². The second kappa shape index (κ2) is 10.4. The van der Waals surface area contributed by atoms with Crippen LogP contribution in [0.2, 0.25) is 0 Å². The summed E-state index contributed by atoms with van der Waals surface area (Å²) in [7, 11) is 1.31. The molecule has 1 saturated heterocycles. The van der Waals surface area contributed by atoms with Crippen molar-refractivity contribution in [3.8, 4) is 5.75 Å². The largest absolute Gasteiger partial charge is 0.482 e. The first kappa shape index (κ1) is 19.6. The minimum absolute atomic E-state index is 0. The molecule has 2 N–H and O–H groups in total. The van der Waals surface area contributed by atoms with Crippen molar-refractivity contribution < 1.29 is 19.1 Å². The van der Waals surface area contributed by atoms with Crippen LogP contribution in [0.3, 0.4) is 0 Å². The third-order valence-corrected chi connectivity index (χ3v) is 4.28. The molecule has 0 aromatic heterocycles. The Morgan fingerprint density at radius 2 is 2.09 bits per heavy atom. The Bertz CT molecular complexity index is 507. The Hall–Kier alpha value is -1.44. The summed E-state index contributed by atoms with van der Waals surface area (Å²) in [5, 5.41) is 6.19. The predicted molar refractivity (Wildman–Crippen MR) is 93.6 cm³/mol. The maximum Gasteiger partial charge on any atom is 0.343 e. The van der Waals surface area contributed by atoms with Gasteiger partial charge in [0.1, 0.15) is 5.75 Å². The first-order valence-electron chi connectivity index (χ1n) is 7.08. The van der Waals surface area contributed by atoms with Crippen LogP contribution in [0, 0.1) is 0 Å². The number of thioether (sulfide) groups is 1. The zero-order valence-electron chi connectivity index (χ0n) is 12.9. The molecule has 2 rings (SSSR count). The molecule has 0 radical (unpaired) electrons. The Labute approximate surface area is 146 Å². The summed E-state index contributed by atoms with van der Waals surface area (Å²) in [5.41, 5.74) is 0.707. The van der Waals surface area contributed by atoms with Crippen molar-refractivity contribution in [2.24, 2.45) is 0 Å². The number of benzene rings is 1. The zero-order valence-corrected chi connectivity index (χ0v) is 14.5. The lowest BCUT2D eigenvalue weighted by atomic mass is 10.2. The van der Waals surface area contributed by atoms with Crippen molar-refractivity contribution in [1.82, 2.24) is 5.32 Å². The molecule has 1 fully saturated rings. The maximum atomic E-state index is 12.0. The van der Waals surface area contributed by atoms with Gasteiger partial charge in [-0.25, -0.2) is 4.79 Å². The van der Waals surface area contributed by atoms with Crippen LogP contribution in [0.1, 0.15) is 6.42 Å². The molecule has 1 aliphatic rings. The number of esters is 1. The highest BCUT2D eigenvalue weighted by Crippen LogP contribution is 2.17. The summed E-state index contributed by atoms with van der Waals surface area (Å²) in [6, 6.07) is 7.13. The molecule has 0 saturated carbocycles. The van der Waals surface area contributed by atoms with Crippen LogP contribution in [0.5, 0.6) is 5.75 Å². The number of hydrogen-bond acceptors (Lipinski definition) is 6. The quantitative estimate of drug-likeness (QED) is 0.752. The van der Waals surface area contributed by atoms with Gasteiger partial charge in [-0.1, -0.05) is 0 Å². The van der Waals surface area contributed by atoms with Gasteiger partial charge in [0.25, 0.3) is 0 Å². The first-order chi connectivity index (χ1) is 10.7. The standard InChI is InChI=1S/C15H20N2O4S.ClH/c1-20-15(19)9-21-13-4-2-11(3-5-13)17-14(18)8-12-10-22-7-6-16-12;/h2-5,12,16H,6-10H2,1H3,(H,17,18);1H. The number of rotatable bonds is 6. The number of carbonyl (C=O) groups is 2. The maximum absolute atomic E-state index is 12.0. The fraction of sp³-hybridized carbons (Fsp3) is 0.467. The second-order valence-corrected chi connectivity index (χ2v) is 6.02. The summed E-state index contributed by atoms with van der Waals surface area (Å²) in [6.07, 6.45) is 0.466. The SMILES string of the molecule is COC(=O)COc1ccc(NC(=O)CC2CSCCN2)cc1.Cl. The van der Waals surface area contributed by atoms with Gasteiger partial charge in [0.2, 0.25) is 5.91 Å². The molecule has 1 atom stereocenters. The van der Waals surface area contributed by atoms with Gasteiger partial charge in [-0.2, -0.15) is 11.8 Å². The molecule has 1 unspecified atom stereocenters. The van der Waals surface area contributed by atoms with Crippen LogP contribution in [0.4, 0.5) is 5.69 Å². The van der Waals surface area contributed by atoms with Crippen molar-refractivity contribution in [2.45, 2.75) is 12.5 Å². The van der Waals surface area contributed by atoms with E-state index in [2.05, 4.69) is 15.4 Å². The summed E-state index contributed by atoms with van der Waals surface area (Å²) in [6.45, 7) is 0.821. The third-order valence-electron chi connectivity index (χ3n) is 3.15. The second-order valence-electron chi connectivity index (χ2n) is 4.87. The van der Waals surface area contributed by atoms with Crippen LogP contribution in [0.15, 0.2) is 24.3 Å². The number of hydrogen-bond donors (Lipinski definition) is 2. The van der Waals surface area contributed by atoms with Gasteiger partial charge in [0, 0.05) is 36.2 Å². The summed E-state index contributed by atoms with van der Waals surface area (Å²) in [5.74, 6) is 2.17. The molecule has 0 spiro atoms. The van der Waals surface area contributed by atoms with E-state index in [-0.39, 0.29) is 31.0 Å². The predicted octanol–water partition coefficient (Wildman–Crippen LogP) is 1.69. The first-order valence-corrected chi connectivity index (χ1v) is 8.23. The molecule has 1 aliphatic heterocycles. The molecule has 1 heterocycles. The van der Waals surface area contributed by atoms with Crippen LogP contribution in [0.25, 0.3) is 0 Å². The average Bonchev–Trinajstić information content (AvgIpc) is 2.54. The van der Waals surface area contributed by atoms with Crippen molar-refractivity contribution in [2.75, 3.05) is 37.1 Å². The van der Waals surface area contributed by atoms with Crippen molar-refractivity contribution in [1.29, 1.82) is 0 Å². The molecule has 1 amide bonds. The van der Waals surface area contributed by atoms with Crippen LogP contribution >= 0.6 is 24.2 Å². The van der Waals surface area contributed by atoms with Crippen molar-refractivity contribution in [3.05, 3.63) is 24.3 Å². The van der Waals surface area contributed by atoms with E-state index in [9.17, 15) is 9.59 Å². The highest BCUT2D eigenvalue weighted by Gasteiger charge is 2.16. The summed E-state index contributed by atoms with van der Waals surface area (Å²) in [4.78, 5) is 22.9. The van der Waals surface area contributed by atoms with Gasteiger partial charge in [0.05, 0.1) is 7.11 Å². The monoisotopic (exact) mass is 360 g/mol. The Balaban J connectivity index is 0.00000264. The normalized spacial score (nSPS) is 16.8. The molecule has 6 nitrogen and oxygen atoms in total. The van der Waals surface area contributed by atoms with Gasteiger partial charge in [-0.05, 0) is 24.3 Å². The van der Waals surface area contributed by atoms with E-state index < -0.39 is 5.97 Å². The van der Waals surface area contributed by atoms with E-state index >= 15 is 0 Å². The number of amides is 1. The highest BCUT2D eigenvalue weighted by atomic mass is 35.5. The summed E-state index contributed by atoms with van der Waals surface area (Å²) < 4.78 is 9.73. The topological polar surface area (TPSA) is 76.7 Å². The number of nitrogens with one attached hydrogen (secondary N) is 2. The summed E-state index contributed by atoms with van der Waals surface area (Å²) >= 11 is 1.87. The van der Waals surface area contributed by atoms with Gasteiger partial charge in [0.15, 0.2) is 6.61 Å². The van der Waals surface area contributed by atoms with E-state index in [0.717, 1.165) is 18.1 Å². The molecule has 1 aromatic rings. The number of halogens is 1. The van der Waals surface area contributed by atoms with Gasteiger partial charge in [-0.15, -0.1) is 12.4 Å². The lowest BCUT2D eigenvalue weighted by Crippen LogP contribution is -2.39. The lowest BCUT2D eigenvalue weighted by Gasteiger charge is -2.22. The zero-order chi connectivity index (χ0) is 15.8. The molecule has 128 valence electrons. The van der Waals surface area contributed by atoms with Crippen LogP contribution < -0.4 is 15.4 Å². The fourth-order valence-corrected chi connectivity index (χ4v) is 2.97. The van der Waals surface area contributed by atoms with E-state index in [1.165, 1.54) is 7.11 Å². The van der Waals surface area contributed by atoms with Gasteiger partial charge in [-0.3, -0.25) is 4.79 Å². The fourth-order valence-electron chi connectivity index (χ4n) is 2.02. The molecule has 0 aliphatic carbocycles. The minimum atomic E-state index is -0.435. The molecular formula is C15H21ClN2O4S. The van der Waals surface area contributed by atoms with E-state index in [4.69, 9.17) is 4.74 Å². The minimum Gasteiger partial charge on any atom is -0.482 e. The molecule has 23 heavy (non-hydrogen) atoms. The van der Waals surface area contributed by atoms with E-state index in [1.807, 2.05) is 11.8 Å². The smallest absolute Gasteiger partial charge is 0.343 e.